The summed E-state index contributed by atoms with van der Waals surface area (Å²) < 4.78 is 7.43. The van der Waals surface area contributed by atoms with Crippen molar-refractivity contribution in [2.45, 2.75) is 39.3 Å². The fourth-order valence-electron chi connectivity index (χ4n) is 2.64. The van der Waals surface area contributed by atoms with Crippen LogP contribution < -0.4 is 5.32 Å². The number of nitrogens with one attached hydrogen (secondary N) is 1. The van der Waals surface area contributed by atoms with Crippen molar-refractivity contribution in [1.29, 1.82) is 0 Å². The molecule has 2 unspecified atom stereocenters. The van der Waals surface area contributed by atoms with Crippen molar-refractivity contribution in [1.82, 2.24) is 9.55 Å². The molecule has 0 radical (unpaired) electrons. The molecule has 114 valence electrons. The summed E-state index contributed by atoms with van der Waals surface area (Å²) in [6, 6.07) is 11.1. The van der Waals surface area contributed by atoms with Crippen LogP contribution in [0.4, 0.5) is 5.95 Å². The molecular formula is C17H25N3O. The molecule has 0 spiro atoms. The first-order valence-electron chi connectivity index (χ1n) is 7.51. The molecule has 0 bridgehead atoms. The first kappa shape index (κ1) is 15.6. The molecular weight excluding hydrogens is 262 g/mol. The van der Waals surface area contributed by atoms with Crippen molar-refractivity contribution in [3.05, 3.63) is 47.8 Å². The van der Waals surface area contributed by atoms with Crippen LogP contribution in [-0.2, 0) is 4.74 Å². The van der Waals surface area contributed by atoms with Gasteiger partial charge in [-0.1, -0.05) is 37.3 Å². The lowest BCUT2D eigenvalue weighted by Gasteiger charge is -2.22. The minimum Gasteiger partial charge on any atom is -0.383 e. The van der Waals surface area contributed by atoms with E-state index in [0.29, 0.717) is 12.6 Å². The van der Waals surface area contributed by atoms with Crippen LogP contribution in [0.25, 0.3) is 0 Å². The van der Waals surface area contributed by atoms with Crippen molar-refractivity contribution in [2.24, 2.45) is 0 Å². The third kappa shape index (κ3) is 3.85. The smallest absolute Gasteiger partial charge is 0.203 e. The van der Waals surface area contributed by atoms with E-state index in [9.17, 15) is 0 Å². The fraction of sp³-hybridized carbons (Fsp3) is 0.471. The topological polar surface area (TPSA) is 39.1 Å². The number of hydrogen-bond acceptors (Lipinski definition) is 3. The zero-order valence-electron chi connectivity index (χ0n) is 13.3. The van der Waals surface area contributed by atoms with Crippen molar-refractivity contribution >= 4 is 5.95 Å². The minimum atomic E-state index is 0.226. The van der Waals surface area contributed by atoms with E-state index in [1.165, 1.54) is 5.56 Å². The molecule has 0 saturated heterocycles. The van der Waals surface area contributed by atoms with E-state index in [1.807, 2.05) is 6.92 Å². The Labute approximate surface area is 127 Å². The maximum absolute atomic E-state index is 5.19. The van der Waals surface area contributed by atoms with Crippen molar-refractivity contribution < 1.29 is 4.74 Å². The van der Waals surface area contributed by atoms with Gasteiger partial charge in [-0.15, -0.1) is 0 Å². The molecule has 1 heterocycles. The number of aryl methyl sites for hydroxylation is 1. The normalized spacial score (nSPS) is 13.9. The molecule has 2 atom stereocenters. The average Bonchev–Trinajstić information content (AvgIpc) is 2.82. The van der Waals surface area contributed by atoms with E-state index >= 15 is 0 Å². The van der Waals surface area contributed by atoms with Gasteiger partial charge in [0, 0.05) is 19.3 Å². The summed E-state index contributed by atoms with van der Waals surface area (Å²) in [5.74, 6) is 0.910. The summed E-state index contributed by atoms with van der Waals surface area (Å²) >= 11 is 0. The zero-order chi connectivity index (χ0) is 15.2. The molecule has 0 saturated carbocycles. The molecule has 1 aromatic carbocycles. The van der Waals surface area contributed by atoms with Crippen molar-refractivity contribution in [2.75, 3.05) is 19.0 Å². The molecule has 1 aromatic heterocycles. The molecule has 21 heavy (non-hydrogen) atoms. The van der Waals surface area contributed by atoms with Gasteiger partial charge in [0.25, 0.3) is 0 Å². The van der Waals surface area contributed by atoms with Crippen molar-refractivity contribution in [3.63, 3.8) is 0 Å². The van der Waals surface area contributed by atoms with Crippen LogP contribution in [0.1, 0.15) is 37.6 Å². The number of benzene rings is 1. The maximum atomic E-state index is 5.19. The summed E-state index contributed by atoms with van der Waals surface area (Å²) in [4.78, 5) is 4.62. The number of ether oxygens (including phenoxy) is 1. The van der Waals surface area contributed by atoms with E-state index in [-0.39, 0.29) is 6.04 Å². The van der Waals surface area contributed by atoms with E-state index in [0.717, 1.165) is 18.1 Å². The molecule has 4 heteroatoms. The molecule has 0 amide bonds. The standard InChI is InChI=1S/C17H25N3O/c1-5-16(15-9-7-6-8-10-15)20-11-13(2)18-17(20)19-14(3)12-21-4/h6-11,14,16H,5,12H2,1-4H3,(H,18,19). The molecule has 0 fully saturated rings. The second-order valence-corrected chi connectivity index (χ2v) is 5.45. The number of aromatic nitrogens is 2. The van der Waals surface area contributed by atoms with Crippen LogP contribution in [0.5, 0.6) is 0 Å². The van der Waals surface area contributed by atoms with Gasteiger partial charge in [-0.2, -0.15) is 0 Å². The number of nitrogens with zero attached hydrogens (tertiary/aromatic N) is 2. The molecule has 0 aliphatic heterocycles. The van der Waals surface area contributed by atoms with Gasteiger partial charge in [0.2, 0.25) is 5.95 Å². The predicted molar refractivity (Wildman–Crippen MR) is 86.8 cm³/mol. The van der Waals surface area contributed by atoms with Crippen LogP contribution in [0.15, 0.2) is 36.5 Å². The highest BCUT2D eigenvalue weighted by molar-refractivity contribution is 5.34. The molecule has 1 N–H and O–H groups in total. The number of imidazole rings is 1. The quantitative estimate of drug-likeness (QED) is 0.845. The zero-order valence-corrected chi connectivity index (χ0v) is 13.3. The number of methoxy groups -OCH3 is 1. The lowest BCUT2D eigenvalue weighted by atomic mass is 10.0. The van der Waals surface area contributed by atoms with E-state index in [2.05, 4.69) is 65.2 Å². The highest BCUT2D eigenvalue weighted by Gasteiger charge is 2.17. The molecule has 0 aliphatic carbocycles. The summed E-state index contributed by atoms with van der Waals surface area (Å²) in [6.45, 7) is 6.99. The Hall–Kier alpha value is -1.81. The number of anilines is 1. The molecule has 2 aromatic rings. The van der Waals surface area contributed by atoms with E-state index in [4.69, 9.17) is 4.74 Å². The minimum absolute atomic E-state index is 0.226. The Bertz CT molecular complexity index is 550. The van der Waals surface area contributed by atoms with Gasteiger partial charge >= 0.3 is 0 Å². The molecule has 2 rings (SSSR count). The Morgan fingerprint density at radius 2 is 2.00 bits per heavy atom. The number of rotatable bonds is 7. The van der Waals surface area contributed by atoms with Gasteiger partial charge in [-0.05, 0) is 25.8 Å². The van der Waals surface area contributed by atoms with Crippen LogP contribution in [0.3, 0.4) is 0 Å². The third-order valence-corrected chi connectivity index (χ3v) is 3.55. The van der Waals surface area contributed by atoms with Crippen molar-refractivity contribution in [3.8, 4) is 0 Å². The Morgan fingerprint density at radius 1 is 1.29 bits per heavy atom. The second kappa shape index (κ2) is 7.27. The fourth-order valence-corrected chi connectivity index (χ4v) is 2.64. The molecule has 4 nitrogen and oxygen atoms in total. The van der Waals surface area contributed by atoms with Crippen LogP contribution >= 0.6 is 0 Å². The van der Waals surface area contributed by atoms with Gasteiger partial charge in [0.1, 0.15) is 0 Å². The van der Waals surface area contributed by atoms with Gasteiger partial charge in [0.15, 0.2) is 0 Å². The SMILES string of the molecule is CCC(c1ccccc1)n1cc(C)nc1NC(C)COC. The predicted octanol–water partition coefficient (Wildman–Crippen LogP) is 3.64. The first-order valence-corrected chi connectivity index (χ1v) is 7.51. The van der Waals surface area contributed by atoms with Crippen LogP contribution in [-0.4, -0.2) is 29.3 Å². The van der Waals surface area contributed by atoms with Crippen LogP contribution in [0, 0.1) is 6.92 Å². The van der Waals surface area contributed by atoms with Gasteiger partial charge in [-0.3, -0.25) is 0 Å². The number of hydrogen-bond donors (Lipinski definition) is 1. The monoisotopic (exact) mass is 287 g/mol. The largest absolute Gasteiger partial charge is 0.383 e. The molecule has 0 aliphatic rings. The first-order chi connectivity index (χ1) is 10.2. The highest BCUT2D eigenvalue weighted by atomic mass is 16.5. The van der Waals surface area contributed by atoms with Gasteiger partial charge in [-0.25, -0.2) is 4.98 Å². The van der Waals surface area contributed by atoms with Crippen LogP contribution in [0.2, 0.25) is 0 Å². The summed E-state index contributed by atoms with van der Waals surface area (Å²) in [6.07, 6.45) is 3.14. The van der Waals surface area contributed by atoms with Gasteiger partial charge < -0.3 is 14.6 Å². The summed E-state index contributed by atoms with van der Waals surface area (Å²) in [5.41, 5.74) is 2.33. The summed E-state index contributed by atoms with van der Waals surface area (Å²) in [7, 11) is 1.72. The van der Waals surface area contributed by atoms with E-state index in [1.54, 1.807) is 7.11 Å². The second-order valence-electron chi connectivity index (χ2n) is 5.45. The highest BCUT2D eigenvalue weighted by Crippen LogP contribution is 2.26. The Balaban J connectivity index is 2.29. The Morgan fingerprint density at radius 3 is 2.62 bits per heavy atom. The third-order valence-electron chi connectivity index (χ3n) is 3.55. The lowest BCUT2D eigenvalue weighted by molar-refractivity contribution is 0.190. The lowest BCUT2D eigenvalue weighted by Crippen LogP contribution is -2.24. The summed E-state index contributed by atoms with van der Waals surface area (Å²) in [5, 5.41) is 3.44. The average molecular weight is 287 g/mol. The van der Waals surface area contributed by atoms with Gasteiger partial charge in [0.05, 0.1) is 18.3 Å². The Kier molecular flexibility index (Phi) is 5.39. The maximum Gasteiger partial charge on any atom is 0.203 e. The van der Waals surface area contributed by atoms with E-state index < -0.39 is 0 Å².